The summed E-state index contributed by atoms with van der Waals surface area (Å²) in [5, 5.41) is 6.65. The first kappa shape index (κ1) is 18.0. The fourth-order valence-electron chi connectivity index (χ4n) is 2.91. The summed E-state index contributed by atoms with van der Waals surface area (Å²) in [5.74, 6) is -0.800. The van der Waals surface area contributed by atoms with Gasteiger partial charge in [0.15, 0.2) is 11.6 Å². The van der Waals surface area contributed by atoms with Crippen LogP contribution in [0.5, 0.6) is 0 Å². The minimum absolute atomic E-state index is 0.104. The number of nitrogens with zero attached hydrogens (tertiary/aromatic N) is 3. The van der Waals surface area contributed by atoms with Gasteiger partial charge >= 0.3 is 6.18 Å². The maximum absolute atomic E-state index is 14.1. The summed E-state index contributed by atoms with van der Waals surface area (Å²) in [4.78, 5) is 12.9. The smallest absolute Gasteiger partial charge is 0.352 e. The van der Waals surface area contributed by atoms with Crippen LogP contribution in [0, 0.1) is 11.7 Å². The zero-order valence-corrected chi connectivity index (χ0v) is 13.6. The molecule has 138 valence electrons. The molecular weight excluding hydrogens is 352 g/mol. The van der Waals surface area contributed by atoms with E-state index in [0.717, 1.165) is 24.4 Å². The lowest BCUT2D eigenvalue weighted by Gasteiger charge is -2.34. The average molecular weight is 368 g/mol. The topological polar surface area (TPSA) is 50.2 Å². The Bertz CT molecular complexity index is 813. The van der Waals surface area contributed by atoms with Crippen molar-refractivity contribution in [1.82, 2.24) is 15.1 Å². The van der Waals surface area contributed by atoms with E-state index < -0.39 is 17.6 Å². The molecule has 9 heteroatoms. The number of aromatic nitrogens is 2. The van der Waals surface area contributed by atoms with Crippen LogP contribution in [0.3, 0.4) is 0 Å². The Morgan fingerprint density at radius 1 is 1.31 bits per heavy atom. The molecule has 1 aliphatic rings. The Labute approximate surface area is 146 Å². The first-order valence-corrected chi connectivity index (χ1v) is 7.86. The second kappa shape index (κ2) is 6.81. The molecule has 0 spiro atoms. The second-order valence-corrected chi connectivity index (χ2v) is 5.97. The number of hydrogen-bond acceptors (Lipinski definition) is 3. The van der Waals surface area contributed by atoms with E-state index in [1.165, 1.54) is 16.8 Å². The lowest BCUT2D eigenvalue weighted by atomic mass is 10.1. The maximum Gasteiger partial charge on any atom is 0.416 e. The van der Waals surface area contributed by atoms with Gasteiger partial charge in [-0.15, -0.1) is 0 Å². The molecule has 0 radical (unpaired) electrons. The Morgan fingerprint density at radius 2 is 2.00 bits per heavy atom. The molecular formula is C17H16F4N4O. The van der Waals surface area contributed by atoms with Crippen molar-refractivity contribution in [3.63, 3.8) is 0 Å². The van der Waals surface area contributed by atoms with Crippen molar-refractivity contribution in [2.75, 3.05) is 18.0 Å². The van der Waals surface area contributed by atoms with E-state index >= 15 is 0 Å². The SMILES string of the molecule is C=CC(=O)NC[C@@H]1CN(c2ccc(C(F)(F)F)cc2)c2c(F)cnn2C1. The molecule has 0 bridgehead atoms. The molecule has 0 aliphatic carbocycles. The van der Waals surface area contributed by atoms with Crippen LogP contribution in [0.4, 0.5) is 29.1 Å². The molecule has 2 heterocycles. The van der Waals surface area contributed by atoms with Gasteiger partial charge in [0.1, 0.15) is 0 Å². The third kappa shape index (κ3) is 3.56. The van der Waals surface area contributed by atoms with E-state index in [0.29, 0.717) is 25.3 Å². The summed E-state index contributed by atoms with van der Waals surface area (Å²) in [6, 6.07) is 4.50. The summed E-state index contributed by atoms with van der Waals surface area (Å²) in [7, 11) is 0. The van der Waals surface area contributed by atoms with E-state index in [-0.39, 0.29) is 17.6 Å². The van der Waals surface area contributed by atoms with Crippen molar-refractivity contribution in [3.8, 4) is 0 Å². The van der Waals surface area contributed by atoms with Crippen LogP contribution in [0.15, 0.2) is 43.1 Å². The third-order valence-corrected chi connectivity index (χ3v) is 4.15. The molecule has 1 aromatic heterocycles. The number of anilines is 2. The van der Waals surface area contributed by atoms with Crippen LogP contribution in [0.1, 0.15) is 5.56 Å². The Balaban J connectivity index is 1.87. The minimum Gasteiger partial charge on any atom is -0.352 e. The van der Waals surface area contributed by atoms with Crippen LogP contribution < -0.4 is 10.2 Å². The number of benzene rings is 1. The van der Waals surface area contributed by atoms with Crippen LogP contribution in [-0.2, 0) is 17.5 Å². The maximum atomic E-state index is 14.1. The van der Waals surface area contributed by atoms with Gasteiger partial charge in [0, 0.05) is 31.2 Å². The molecule has 0 saturated heterocycles. The third-order valence-electron chi connectivity index (χ3n) is 4.15. The molecule has 1 aliphatic heterocycles. The first-order valence-electron chi connectivity index (χ1n) is 7.86. The predicted octanol–water partition coefficient (Wildman–Crippen LogP) is 3.11. The quantitative estimate of drug-likeness (QED) is 0.667. The predicted molar refractivity (Wildman–Crippen MR) is 87.3 cm³/mol. The fourth-order valence-corrected chi connectivity index (χ4v) is 2.91. The molecule has 0 saturated carbocycles. The standard InChI is InChI=1S/C17H16F4N4O/c1-2-15(26)22-7-11-9-24(16-14(18)8-23-25(16)10-11)13-5-3-12(4-6-13)17(19,20)21/h2-6,8,11H,1,7,9-10H2,(H,22,26)/t11-/m1/s1. The van der Waals surface area contributed by atoms with Gasteiger partial charge < -0.3 is 10.2 Å². The highest BCUT2D eigenvalue weighted by atomic mass is 19.4. The van der Waals surface area contributed by atoms with E-state index in [4.69, 9.17) is 0 Å². The highest BCUT2D eigenvalue weighted by Gasteiger charge is 2.32. The Kier molecular flexibility index (Phi) is 4.71. The molecule has 1 atom stereocenters. The van der Waals surface area contributed by atoms with E-state index in [1.54, 1.807) is 4.90 Å². The van der Waals surface area contributed by atoms with Crippen molar-refractivity contribution in [1.29, 1.82) is 0 Å². The molecule has 1 amide bonds. The molecule has 3 rings (SSSR count). The van der Waals surface area contributed by atoms with E-state index in [2.05, 4.69) is 17.0 Å². The lowest BCUT2D eigenvalue weighted by molar-refractivity contribution is -0.137. The zero-order chi connectivity index (χ0) is 18.9. The second-order valence-electron chi connectivity index (χ2n) is 5.97. The monoisotopic (exact) mass is 368 g/mol. The van der Waals surface area contributed by atoms with Gasteiger partial charge in [0.25, 0.3) is 0 Å². The molecule has 2 aromatic rings. The number of hydrogen-bond donors (Lipinski definition) is 1. The zero-order valence-electron chi connectivity index (χ0n) is 13.6. The van der Waals surface area contributed by atoms with E-state index in [9.17, 15) is 22.4 Å². The van der Waals surface area contributed by atoms with Crippen LogP contribution in [0.2, 0.25) is 0 Å². The highest BCUT2D eigenvalue weighted by molar-refractivity contribution is 5.86. The van der Waals surface area contributed by atoms with Crippen LogP contribution in [-0.4, -0.2) is 28.8 Å². The lowest BCUT2D eigenvalue weighted by Crippen LogP contribution is -2.41. The summed E-state index contributed by atoms with van der Waals surface area (Å²) in [5.41, 5.74) is -0.361. The van der Waals surface area contributed by atoms with Gasteiger partial charge in [-0.1, -0.05) is 6.58 Å². The van der Waals surface area contributed by atoms with Crippen molar-refractivity contribution >= 4 is 17.4 Å². The van der Waals surface area contributed by atoms with Crippen molar-refractivity contribution in [3.05, 3.63) is 54.5 Å². The number of rotatable bonds is 4. The number of fused-ring (bicyclic) bond motifs is 1. The van der Waals surface area contributed by atoms with Gasteiger partial charge in [0.05, 0.1) is 11.8 Å². The Hall–Kier alpha value is -2.84. The van der Waals surface area contributed by atoms with Crippen LogP contribution >= 0.6 is 0 Å². The summed E-state index contributed by atoms with van der Waals surface area (Å²) in [6.45, 7) is 4.39. The molecule has 0 fully saturated rings. The molecule has 1 aromatic carbocycles. The number of carbonyl (C=O) groups excluding carboxylic acids is 1. The minimum atomic E-state index is -4.44. The highest BCUT2D eigenvalue weighted by Crippen LogP contribution is 2.35. The molecule has 26 heavy (non-hydrogen) atoms. The number of alkyl halides is 3. The van der Waals surface area contributed by atoms with Gasteiger partial charge in [-0.05, 0) is 30.3 Å². The Morgan fingerprint density at radius 3 is 2.62 bits per heavy atom. The molecule has 5 nitrogen and oxygen atoms in total. The molecule has 1 N–H and O–H groups in total. The summed E-state index contributed by atoms with van der Waals surface area (Å²) >= 11 is 0. The summed E-state index contributed by atoms with van der Waals surface area (Å²) in [6.07, 6.45) is -2.22. The van der Waals surface area contributed by atoms with E-state index in [1.807, 2.05) is 0 Å². The van der Waals surface area contributed by atoms with Gasteiger partial charge in [-0.3, -0.25) is 4.79 Å². The summed E-state index contributed by atoms with van der Waals surface area (Å²) < 4.78 is 53.8. The number of halogens is 4. The number of amides is 1. The van der Waals surface area contributed by atoms with Gasteiger partial charge in [-0.25, -0.2) is 9.07 Å². The first-order chi connectivity index (χ1) is 12.3. The van der Waals surface area contributed by atoms with Crippen molar-refractivity contribution in [2.24, 2.45) is 5.92 Å². The fraction of sp³-hybridized carbons (Fsp3) is 0.294. The van der Waals surface area contributed by atoms with Gasteiger partial charge in [0.2, 0.25) is 5.91 Å². The number of nitrogens with one attached hydrogen (secondary N) is 1. The average Bonchev–Trinajstić information content (AvgIpc) is 2.99. The largest absolute Gasteiger partial charge is 0.416 e. The van der Waals surface area contributed by atoms with Crippen molar-refractivity contribution in [2.45, 2.75) is 12.7 Å². The van der Waals surface area contributed by atoms with Crippen molar-refractivity contribution < 1.29 is 22.4 Å². The van der Waals surface area contributed by atoms with Gasteiger partial charge in [-0.2, -0.15) is 18.3 Å². The number of carbonyl (C=O) groups is 1. The normalized spacial score (nSPS) is 16.9. The molecule has 0 unspecified atom stereocenters. The van der Waals surface area contributed by atoms with Crippen LogP contribution in [0.25, 0.3) is 0 Å².